The first-order valence-electron chi connectivity index (χ1n) is 6.13. The maximum absolute atomic E-state index is 11.4. The fraction of sp³-hybridized carbons (Fsp3) is 0.500. The van der Waals surface area contributed by atoms with Crippen LogP contribution in [0.5, 0.6) is 0 Å². The molecule has 1 aromatic carbocycles. The SMILES string of the molecule is CCC(C)Sc1ccc(NC(=O)COC)c(C)c1. The molecular formula is C14H21NO2S. The zero-order valence-corrected chi connectivity index (χ0v) is 12.3. The molecule has 0 aliphatic carbocycles. The minimum Gasteiger partial charge on any atom is -0.375 e. The van der Waals surface area contributed by atoms with Crippen LogP contribution in [0.15, 0.2) is 23.1 Å². The molecule has 0 bridgehead atoms. The van der Waals surface area contributed by atoms with Crippen molar-refractivity contribution in [2.45, 2.75) is 37.3 Å². The molecule has 0 fully saturated rings. The summed E-state index contributed by atoms with van der Waals surface area (Å²) in [7, 11) is 1.51. The molecule has 1 amide bonds. The molecule has 0 saturated heterocycles. The number of methoxy groups -OCH3 is 1. The van der Waals surface area contributed by atoms with E-state index in [0.717, 1.165) is 17.7 Å². The van der Waals surface area contributed by atoms with E-state index in [4.69, 9.17) is 4.74 Å². The summed E-state index contributed by atoms with van der Waals surface area (Å²) in [4.78, 5) is 12.7. The number of thioether (sulfide) groups is 1. The highest BCUT2D eigenvalue weighted by atomic mass is 32.2. The quantitative estimate of drug-likeness (QED) is 0.802. The predicted molar refractivity (Wildman–Crippen MR) is 77.3 cm³/mol. The van der Waals surface area contributed by atoms with Crippen molar-refractivity contribution in [3.05, 3.63) is 23.8 Å². The lowest BCUT2D eigenvalue weighted by Gasteiger charge is -2.12. The van der Waals surface area contributed by atoms with Crippen LogP contribution in [0.1, 0.15) is 25.8 Å². The Labute approximate surface area is 113 Å². The average molecular weight is 267 g/mol. The smallest absolute Gasteiger partial charge is 0.250 e. The second kappa shape index (κ2) is 7.44. The summed E-state index contributed by atoms with van der Waals surface area (Å²) in [5, 5.41) is 3.44. The number of carbonyl (C=O) groups excluding carboxylic acids is 1. The van der Waals surface area contributed by atoms with E-state index < -0.39 is 0 Å². The van der Waals surface area contributed by atoms with Gasteiger partial charge in [0.15, 0.2) is 0 Å². The van der Waals surface area contributed by atoms with Crippen LogP contribution in [0, 0.1) is 6.92 Å². The third-order valence-corrected chi connectivity index (χ3v) is 3.92. The Bertz CT molecular complexity index is 407. The molecule has 1 rings (SSSR count). The number of nitrogens with one attached hydrogen (secondary N) is 1. The summed E-state index contributed by atoms with van der Waals surface area (Å²) in [6, 6.07) is 6.11. The lowest BCUT2D eigenvalue weighted by atomic mass is 10.2. The summed E-state index contributed by atoms with van der Waals surface area (Å²) >= 11 is 1.86. The van der Waals surface area contributed by atoms with Gasteiger partial charge in [-0.1, -0.05) is 13.8 Å². The van der Waals surface area contributed by atoms with E-state index in [1.807, 2.05) is 30.8 Å². The molecule has 4 heteroatoms. The molecule has 0 aliphatic heterocycles. The van der Waals surface area contributed by atoms with Gasteiger partial charge in [-0.2, -0.15) is 0 Å². The lowest BCUT2D eigenvalue weighted by molar-refractivity contribution is -0.119. The summed E-state index contributed by atoms with van der Waals surface area (Å²) in [6.07, 6.45) is 1.15. The van der Waals surface area contributed by atoms with Gasteiger partial charge in [0.1, 0.15) is 6.61 Å². The zero-order chi connectivity index (χ0) is 13.5. The number of aryl methyl sites for hydroxylation is 1. The van der Waals surface area contributed by atoms with Crippen LogP contribution in [-0.4, -0.2) is 24.9 Å². The molecule has 1 atom stereocenters. The van der Waals surface area contributed by atoms with Crippen LogP contribution < -0.4 is 5.32 Å². The van der Waals surface area contributed by atoms with Gasteiger partial charge in [0.2, 0.25) is 5.91 Å². The second-order valence-electron chi connectivity index (χ2n) is 4.29. The van der Waals surface area contributed by atoms with E-state index in [0.29, 0.717) is 5.25 Å². The highest BCUT2D eigenvalue weighted by Crippen LogP contribution is 2.28. The number of hydrogen-bond acceptors (Lipinski definition) is 3. The van der Waals surface area contributed by atoms with Gasteiger partial charge in [-0.05, 0) is 37.1 Å². The number of benzene rings is 1. The minimum absolute atomic E-state index is 0.0861. The summed E-state index contributed by atoms with van der Waals surface area (Å²) in [5.74, 6) is -0.122. The first-order valence-corrected chi connectivity index (χ1v) is 7.00. The normalized spacial score (nSPS) is 12.2. The molecule has 0 radical (unpaired) electrons. The minimum atomic E-state index is -0.122. The summed E-state index contributed by atoms with van der Waals surface area (Å²) < 4.78 is 4.79. The molecule has 1 aromatic rings. The van der Waals surface area contributed by atoms with E-state index in [9.17, 15) is 4.79 Å². The van der Waals surface area contributed by atoms with Crippen LogP contribution in [0.4, 0.5) is 5.69 Å². The van der Waals surface area contributed by atoms with Gasteiger partial charge in [-0.3, -0.25) is 4.79 Å². The zero-order valence-electron chi connectivity index (χ0n) is 11.4. The molecule has 0 saturated carbocycles. The summed E-state index contributed by atoms with van der Waals surface area (Å²) in [5.41, 5.74) is 1.93. The van der Waals surface area contributed by atoms with Gasteiger partial charge in [-0.15, -0.1) is 11.8 Å². The Morgan fingerprint density at radius 1 is 1.50 bits per heavy atom. The van der Waals surface area contributed by atoms with Crippen LogP contribution in [-0.2, 0) is 9.53 Å². The monoisotopic (exact) mass is 267 g/mol. The third kappa shape index (κ3) is 4.70. The number of rotatable bonds is 6. The molecular weight excluding hydrogens is 246 g/mol. The van der Waals surface area contributed by atoms with Gasteiger partial charge in [0, 0.05) is 22.9 Å². The highest BCUT2D eigenvalue weighted by molar-refractivity contribution is 7.99. The number of hydrogen-bond donors (Lipinski definition) is 1. The van der Waals surface area contributed by atoms with Gasteiger partial charge in [0.25, 0.3) is 0 Å². The van der Waals surface area contributed by atoms with Crippen molar-refractivity contribution >= 4 is 23.4 Å². The van der Waals surface area contributed by atoms with Crippen molar-refractivity contribution < 1.29 is 9.53 Å². The number of amides is 1. The molecule has 100 valence electrons. The molecule has 18 heavy (non-hydrogen) atoms. The number of ether oxygens (including phenoxy) is 1. The van der Waals surface area contributed by atoms with Crippen LogP contribution in [0.25, 0.3) is 0 Å². The topological polar surface area (TPSA) is 38.3 Å². The van der Waals surface area contributed by atoms with Crippen molar-refractivity contribution in [2.24, 2.45) is 0 Å². The Hall–Kier alpha value is -1.00. The van der Waals surface area contributed by atoms with Crippen molar-refractivity contribution in [1.29, 1.82) is 0 Å². The van der Waals surface area contributed by atoms with E-state index in [-0.39, 0.29) is 12.5 Å². The van der Waals surface area contributed by atoms with Gasteiger partial charge in [-0.25, -0.2) is 0 Å². The number of anilines is 1. The van der Waals surface area contributed by atoms with Gasteiger partial charge >= 0.3 is 0 Å². The molecule has 3 nitrogen and oxygen atoms in total. The Balaban J connectivity index is 2.70. The standard InChI is InChI=1S/C14H21NO2S/c1-5-11(3)18-12-6-7-13(10(2)8-12)15-14(16)9-17-4/h6-8,11H,5,9H2,1-4H3,(H,15,16). The van der Waals surface area contributed by atoms with Crippen LogP contribution in [0.2, 0.25) is 0 Å². The Kier molecular flexibility index (Phi) is 6.22. The molecule has 0 heterocycles. The Morgan fingerprint density at radius 2 is 2.22 bits per heavy atom. The van der Waals surface area contributed by atoms with Gasteiger partial charge < -0.3 is 10.1 Å². The number of carbonyl (C=O) groups is 1. The second-order valence-corrected chi connectivity index (χ2v) is 5.81. The summed E-state index contributed by atoms with van der Waals surface area (Å²) in [6.45, 7) is 6.49. The van der Waals surface area contributed by atoms with Gasteiger partial charge in [0.05, 0.1) is 0 Å². The molecule has 1 unspecified atom stereocenters. The first-order chi connectivity index (χ1) is 8.56. The van der Waals surface area contributed by atoms with Crippen molar-refractivity contribution in [2.75, 3.05) is 19.0 Å². The van der Waals surface area contributed by atoms with Crippen LogP contribution >= 0.6 is 11.8 Å². The van der Waals surface area contributed by atoms with Crippen LogP contribution in [0.3, 0.4) is 0 Å². The van der Waals surface area contributed by atoms with Crippen molar-refractivity contribution in [1.82, 2.24) is 0 Å². The molecule has 0 aliphatic rings. The van der Waals surface area contributed by atoms with E-state index in [1.54, 1.807) is 0 Å². The fourth-order valence-corrected chi connectivity index (χ4v) is 2.51. The maximum Gasteiger partial charge on any atom is 0.250 e. The molecule has 1 N–H and O–H groups in total. The fourth-order valence-electron chi connectivity index (χ4n) is 1.48. The first kappa shape index (κ1) is 15.1. The third-order valence-electron chi connectivity index (χ3n) is 2.66. The van der Waals surface area contributed by atoms with E-state index >= 15 is 0 Å². The van der Waals surface area contributed by atoms with Crippen molar-refractivity contribution in [3.63, 3.8) is 0 Å². The predicted octanol–water partition coefficient (Wildman–Crippen LogP) is 3.47. The largest absolute Gasteiger partial charge is 0.375 e. The van der Waals surface area contributed by atoms with E-state index in [1.165, 1.54) is 12.0 Å². The van der Waals surface area contributed by atoms with Crippen molar-refractivity contribution in [3.8, 4) is 0 Å². The average Bonchev–Trinajstić information content (AvgIpc) is 2.33. The lowest BCUT2D eigenvalue weighted by Crippen LogP contribution is -2.17. The molecule has 0 spiro atoms. The maximum atomic E-state index is 11.4. The molecule has 0 aromatic heterocycles. The Morgan fingerprint density at radius 3 is 2.78 bits per heavy atom. The van der Waals surface area contributed by atoms with E-state index in [2.05, 4.69) is 25.2 Å². The highest BCUT2D eigenvalue weighted by Gasteiger charge is 2.07.